The molecule has 106 valence electrons. The van der Waals surface area contributed by atoms with E-state index < -0.39 is 0 Å². The van der Waals surface area contributed by atoms with Crippen molar-refractivity contribution in [2.45, 2.75) is 58.9 Å². The molecule has 3 heteroatoms. The van der Waals surface area contributed by atoms with Crippen molar-refractivity contribution in [3.05, 3.63) is 0 Å². The van der Waals surface area contributed by atoms with Crippen LogP contribution in [0.25, 0.3) is 0 Å². The average Bonchev–Trinajstić information content (AvgIpc) is 2.17. The Bertz CT molecular complexity index is 268. The van der Waals surface area contributed by atoms with Crippen LogP contribution < -0.4 is 5.32 Å². The van der Waals surface area contributed by atoms with Gasteiger partial charge in [-0.3, -0.25) is 4.79 Å². The largest absolute Gasteiger partial charge is 0.353 e. The molecule has 0 aromatic carbocycles. The van der Waals surface area contributed by atoms with E-state index in [0.717, 1.165) is 13.0 Å². The summed E-state index contributed by atoms with van der Waals surface area (Å²) in [6.45, 7) is 7.43. The fourth-order valence-corrected chi connectivity index (χ4v) is 2.82. The lowest BCUT2D eigenvalue weighted by atomic mass is 9.83. The molecule has 0 aromatic rings. The molecule has 1 aliphatic carbocycles. The van der Waals surface area contributed by atoms with Crippen LogP contribution in [0.3, 0.4) is 0 Å². The van der Waals surface area contributed by atoms with Crippen molar-refractivity contribution in [3.8, 4) is 0 Å². The summed E-state index contributed by atoms with van der Waals surface area (Å²) in [6, 6.07) is 0.385. The van der Waals surface area contributed by atoms with E-state index in [1.54, 1.807) is 0 Å². The molecular weight excluding hydrogens is 224 g/mol. The lowest BCUT2D eigenvalue weighted by Crippen LogP contribution is -2.46. The van der Waals surface area contributed by atoms with Gasteiger partial charge in [-0.1, -0.05) is 33.6 Å². The molecule has 0 aliphatic heterocycles. The third-order valence-corrected chi connectivity index (χ3v) is 3.55. The maximum Gasteiger partial charge on any atom is 0.220 e. The first-order valence-corrected chi connectivity index (χ1v) is 7.22. The number of nitrogens with zero attached hydrogens (tertiary/aromatic N) is 1. The zero-order chi connectivity index (χ0) is 13.8. The van der Waals surface area contributed by atoms with Gasteiger partial charge in [-0.05, 0) is 38.3 Å². The first-order valence-electron chi connectivity index (χ1n) is 7.22. The molecule has 1 amide bonds. The van der Waals surface area contributed by atoms with Gasteiger partial charge in [-0.2, -0.15) is 0 Å². The Balaban J connectivity index is 2.48. The van der Waals surface area contributed by atoms with Gasteiger partial charge in [0.25, 0.3) is 0 Å². The maximum atomic E-state index is 12.0. The molecule has 1 saturated carbocycles. The number of hydrogen-bond donors (Lipinski definition) is 1. The summed E-state index contributed by atoms with van der Waals surface area (Å²) in [6.07, 6.45) is 5.58. The molecule has 0 bridgehead atoms. The van der Waals surface area contributed by atoms with Crippen molar-refractivity contribution in [1.82, 2.24) is 10.2 Å². The topological polar surface area (TPSA) is 32.3 Å². The molecule has 0 aromatic heterocycles. The summed E-state index contributed by atoms with van der Waals surface area (Å²) in [5, 5.41) is 3.27. The Morgan fingerprint density at radius 2 is 1.83 bits per heavy atom. The predicted octanol–water partition coefficient (Wildman–Crippen LogP) is 2.66. The van der Waals surface area contributed by atoms with Crippen LogP contribution in [0.15, 0.2) is 0 Å². The van der Waals surface area contributed by atoms with E-state index in [1.165, 1.54) is 19.3 Å². The third-order valence-electron chi connectivity index (χ3n) is 3.55. The summed E-state index contributed by atoms with van der Waals surface area (Å²) in [5.41, 5.74) is 0.0792. The molecule has 0 radical (unpaired) electrons. The normalized spacial score (nSPS) is 25.2. The van der Waals surface area contributed by atoms with Crippen molar-refractivity contribution in [2.75, 3.05) is 20.6 Å². The lowest BCUT2D eigenvalue weighted by molar-refractivity contribution is -0.124. The standard InChI is InChI=1S/C15H30N2O/c1-15(2,3)10-14(18)16-13-9-7-6-8-12(13)11-17(4)5/h12-13H,6-11H2,1-5H3,(H,16,18). The van der Waals surface area contributed by atoms with Gasteiger partial charge in [0.2, 0.25) is 5.91 Å². The molecule has 1 rings (SSSR count). The van der Waals surface area contributed by atoms with Crippen molar-refractivity contribution < 1.29 is 4.79 Å². The Morgan fingerprint density at radius 1 is 1.22 bits per heavy atom. The molecular formula is C15H30N2O. The minimum absolute atomic E-state index is 0.0792. The number of amides is 1. The lowest BCUT2D eigenvalue weighted by Gasteiger charge is -2.34. The minimum Gasteiger partial charge on any atom is -0.353 e. The minimum atomic E-state index is 0.0792. The highest BCUT2D eigenvalue weighted by atomic mass is 16.1. The van der Waals surface area contributed by atoms with Crippen molar-refractivity contribution in [3.63, 3.8) is 0 Å². The zero-order valence-electron chi connectivity index (χ0n) is 12.8. The van der Waals surface area contributed by atoms with E-state index >= 15 is 0 Å². The van der Waals surface area contributed by atoms with Gasteiger partial charge in [-0.15, -0.1) is 0 Å². The van der Waals surface area contributed by atoms with E-state index in [4.69, 9.17) is 0 Å². The first-order chi connectivity index (χ1) is 8.28. The fourth-order valence-electron chi connectivity index (χ4n) is 2.82. The SMILES string of the molecule is CN(C)CC1CCCCC1NC(=O)CC(C)(C)C. The van der Waals surface area contributed by atoms with Crippen LogP contribution in [0.5, 0.6) is 0 Å². The first kappa shape index (κ1) is 15.5. The van der Waals surface area contributed by atoms with Gasteiger partial charge in [0, 0.05) is 19.0 Å². The molecule has 18 heavy (non-hydrogen) atoms. The average molecular weight is 254 g/mol. The zero-order valence-corrected chi connectivity index (χ0v) is 12.8. The molecule has 0 heterocycles. The quantitative estimate of drug-likeness (QED) is 0.836. The fraction of sp³-hybridized carbons (Fsp3) is 0.933. The van der Waals surface area contributed by atoms with E-state index in [0.29, 0.717) is 18.4 Å². The summed E-state index contributed by atoms with van der Waals surface area (Å²) in [5.74, 6) is 0.843. The van der Waals surface area contributed by atoms with Crippen LogP contribution in [-0.4, -0.2) is 37.5 Å². The van der Waals surface area contributed by atoms with Gasteiger partial charge < -0.3 is 10.2 Å². The molecule has 2 atom stereocenters. The Morgan fingerprint density at radius 3 is 2.39 bits per heavy atom. The van der Waals surface area contributed by atoms with Crippen molar-refractivity contribution in [2.24, 2.45) is 11.3 Å². The molecule has 1 fully saturated rings. The van der Waals surface area contributed by atoms with E-state index in [-0.39, 0.29) is 11.3 Å². The van der Waals surface area contributed by atoms with Crippen LogP contribution >= 0.6 is 0 Å². The second-order valence-corrected chi connectivity index (χ2v) is 7.22. The van der Waals surface area contributed by atoms with Gasteiger partial charge in [0.05, 0.1) is 0 Å². The van der Waals surface area contributed by atoms with Gasteiger partial charge in [0.15, 0.2) is 0 Å². The number of carbonyl (C=O) groups is 1. The number of hydrogen-bond acceptors (Lipinski definition) is 2. The van der Waals surface area contributed by atoms with Crippen LogP contribution in [0.1, 0.15) is 52.9 Å². The van der Waals surface area contributed by atoms with Crippen molar-refractivity contribution in [1.29, 1.82) is 0 Å². The number of rotatable bonds is 4. The van der Waals surface area contributed by atoms with E-state index in [9.17, 15) is 4.79 Å². The van der Waals surface area contributed by atoms with Crippen molar-refractivity contribution >= 4 is 5.91 Å². The van der Waals surface area contributed by atoms with Gasteiger partial charge >= 0.3 is 0 Å². The number of carbonyl (C=O) groups excluding carboxylic acids is 1. The second-order valence-electron chi connectivity index (χ2n) is 7.22. The summed E-state index contributed by atoms with van der Waals surface area (Å²) in [7, 11) is 4.23. The molecule has 2 unspecified atom stereocenters. The number of nitrogens with one attached hydrogen (secondary N) is 1. The highest BCUT2D eigenvalue weighted by molar-refractivity contribution is 5.76. The molecule has 0 saturated heterocycles. The molecule has 1 aliphatic rings. The second kappa shape index (κ2) is 6.55. The summed E-state index contributed by atoms with van der Waals surface area (Å²) >= 11 is 0. The van der Waals surface area contributed by atoms with E-state index in [1.807, 2.05) is 0 Å². The summed E-state index contributed by atoms with van der Waals surface area (Å²) < 4.78 is 0. The predicted molar refractivity (Wildman–Crippen MR) is 76.5 cm³/mol. The Hall–Kier alpha value is -0.570. The van der Waals surface area contributed by atoms with Crippen LogP contribution in [0, 0.1) is 11.3 Å². The summed E-state index contributed by atoms with van der Waals surface area (Å²) in [4.78, 5) is 14.3. The Kier molecular flexibility index (Phi) is 5.64. The highest BCUT2D eigenvalue weighted by Gasteiger charge is 2.27. The highest BCUT2D eigenvalue weighted by Crippen LogP contribution is 2.26. The third kappa shape index (κ3) is 5.85. The smallest absolute Gasteiger partial charge is 0.220 e. The Labute approximate surface area is 112 Å². The van der Waals surface area contributed by atoms with Crippen LogP contribution in [-0.2, 0) is 4.79 Å². The van der Waals surface area contributed by atoms with Crippen LogP contribution in [0.4, 0.5) is 0 Å². The van der Waals surface area contributed by atoms with Gasteiger partial charge in [-0.25, -0.2) is 0 Å². The molecule has 3 nitrogen and oxygen atoms in total. The monoisotopic (exact) mass is 254 g/mol. The van der Waals surface area contributed by atoms with E-state index in [2.05, 4.69) is 45.1 Å². The van der Waals surface area contributed by atoms with Crippen LogP contribution in [0.2, 0.25) is 0 Å². The maximum absolute atomic E-state index is 12.0. The molecule has 0 spiro atoms. The van der Waals surface area contributed by atoms with Gasteiger partial charge in [0.1, 0.15) is 0 Å². The molecule has 1 N–H and O–H groups in total.